The first-order chi connectivity index (χ1) is 15.3. The molecule has 2 aromatic rings. The Bertz CT molecular complexity index is 1100. The van der Waals surface area contributed by atoms with Gasteiger partial charge in [-0.25, -0.2) is 4.79 Å². The van der Waals surface area contributed by atoms with Gasteiger partial charge in [0.25, 0.3) is 17.7 Å². The fourth-order valence-corrected chi connectivity index (χ4v) is 3.85. The van der Waals surface area contributed by atoms with Crippen molar-refractivity contribution in [3.8, 4) is 0 Å². The molecular formula is C24H24N2O6. The molecule has 0 bridgehead atoms. The van der Waals surface area contributed by atoms with Crippen molar-refractivity contribution in [3.05, 3.63) is 64.2 Å². The van der Waals surface area contributed by atoms with Gasteiger partial charge in [-0.15, -0.1) is 0 Å². The summed E-state index contributed by atoms with van der Waals surface area (Å²) >= 11 is 0. The molecule has 2 aromatic carbocycles. The van der Waals surface area contributed by atoms with Gasteiger partial charge in [0.15, 0.2) is 6.61 Å². The normalized spacial score (nSPS) is 17.4. The van der Waals surface area contributed by atoms with Crippen LogP contribution in [0.4, 0.5) is 5.69 Å². The van der Waals surface area contributed by atoms with Gasteiger partial charge in [0, 0.05) is 12.3 Å². The summed E-state index contributed by atoms with van der Waals surface area (Å²) in [5.74, 6) is -2.07. The van der Waals surface area contributed by atoms with E-state index in [9.17, 15) is 19.2 Å². The van der Waals surface area contributed by atoms with Gasteiger partial charge in [-0.1, -0.05) is 12.1 Å². The second kappa shape index (κ2) is 8.92. The number of anilines is 1. The smallest absolute Gasteiger partial charge is 0.338 e. The first kappa shape index (κ1) is 21.7. The summed E-state index contributed by atoms with van der Waals surface area (Å²) in [6.07, 6.45) is 1.55. The molecule has 0 aliphatic carbocycles. The zero-order chi connectivity index (χ0) is 22.8. The van der Waals surface area contributed by atoms with Crippen molar-refractivity contribution < 1.29 is 28.7 Å². The predicted molar refractivity (Wildman–Crippen MR) is 116 cm³/mol. The van der Waals surface area contributed by atoms with Gasteiger partial charge in [-0.2, -0.15) is 0 Å². The van der Waals surface area contributed by atoms with E-state index < -0.39 is 30.3 Å². The zero-order valence-electron chi connectivity index (χ0n) is 18.0. The molecule has 32 heavy (non-hydrogen) atoms. The monoisotopic (exact) mass is 436 g/mol. The number of amides is 3. The molecule has 1 atom stereocenters. The van der Waals surface area contributed by atoms with Gasteiger partial charge < -0.3 is 14.8 Å². The van der Waals surface area contributed by atoms with Crippen molar-refractivity contribution in [1.29, 1.82) is 0 Å². The van der Waals surface area contributed by atoms with Gasteiger partial charge in [-0.3, -0.25) is 19.3 Å². The number of hydrogen-bond acceptors (Lipinski definition) is 6. The van der Waals surface area contributed by atoms with Gasteiger partial charge in [0.2, 0.25) is 0 Å². The molecule has 4 rings (SSSR count). The summed E-state index contributed by atoms with van der Waals surface area (Å²) in [6, 6.07) is 9.87. The number of ether oxygens (including phenoxy) is 2. The molecule has 1 fully saturated rings. The molecule has 1 saturated heterocycles. The number of esters is 1. The number of imide groups is 1. The summed E-state index contributed by atoms with van der Waals surface area (Å²) in [5.41, 5.74) is 3.04. The maximum absolute atomic E-state index is 12.7. The highest BCUT2D eigenvalue weighted by atomic mass is 16.5. The van der Waals surface area contributed by atoms with E-state index in [0.29, 0.717) is 12.3 Å². The number of carbonyl (C=O) groups is 4. The maximum atomic E-state index is 12.7. The van der Waals surface area contributed by atoms with Crippen LogP contribution in [0, 0.1) is 13.8 Å². The fourth-order valence-electron chi connectivity index (χ4n) is 3.85. The van der Waals surface area contributed by atoms with E-state index in [0.717, 1.165) is 28.9 Å². The van der Waals surface area contributed by atoms with E-state index in [1.54, 1.807) is 0 Å². The van der Waals surface area contributed by atoms with E-state index in [1.807, 2.05) is 32.0 Å². The van der Waals surface area contributed by atoms with E-state index in [4.69, 9.17) is 9.47 Å². The minimum atomic E-state index is -0.748. The highest BCUT2D eigenvalue weighted by Gasteiger charge is 2.38. The van der Waals surface area contributed by atoms with Crippen LogP contribution in [0.3, 0.4) is 0 Å². The molecule has 1 N–H and O–H groups in total. The summed E-state index contributed by atoms with van der Waals surface area (Å²) in [4.78, 5) is 51.1. The predicted octanol–water partition coefficient (Wildman–Crippen LogP) is 2.87. The van der Waals surface area contributed by atoms with E-state index >= 15 is 0 Å². The standard InChI is InChI=1S/C24H24N2O6/c1-14-5-6-15(2)20(10-14)25-21(27)13-32-24(30)16-7-8-18-19(11-16)23(29)26(22(18)28)12-17-4-3-9-31-17/h5-8,10-11,17H,3-4,9,12-13H2,1-2H3,(H,25,27)/t17-/m1/s1. The van der Waals surface area contributed by atoms with Crippen molar-refractivity contribution in [1.82, 2.24) is 4.90 Å². The van der Waals surface area contributed by atoms with Gasteiger partial charge in [0.1, 0.15) is 0 Å². The molecule has 2 aliphatic rings. The van der Waals surface area contributed by atoms with E-state index in [-0.39, 0.29) is 29.3 Å². The van der Waals surface area contributed by atoms with Crippen LogP contribution in [0.2, 0.25) is 0 Å². The van der Waals surface area contributed by atoms with Crippen LogP contribution in [0.25, 0.3) is 0 Å². The summed E-state index contributed by atoms with van der Waals surface area (Å²) in [6.45, 7) is 4.13. The average Bonchev–Trinajstić information content (AvgIpc) is 3.37. The number of nitrogens with zero attached hydrogens (tertiary/aromatic N) is 1. The molecular weight excluding hydrogens is 412 g/mol. The van der Waals surface area contributed by atoms with Crippen LogP contribution in [-0.2, 0) is 14.3 Å². The number of hydrogen-bond donors (Lipinski definition) is 1. The van der Waals surface area contributed by atoms with Crippen LogP contribution in [-0.4, -0.2) is 54.5 Å². The summed E-state index contributed by atoms with van der Waals surface area (Å²) < 4.78 is 10.6. The minimum absolute atomic E-state index is 0.100. The van der Waals surface area contributed by atoms with Crippen LogP contribution in [0.5, 0.6) is 0 Å². The first-order valence-corrected chi connectivity index (χ1v) is 10.5. The second-order valence-electron chi connectivity index (χ2n) is 8.06. The Hall–Kier alpha value is -3.52. The lowest BCUT2D eigenvalue weighted by Gasteiger charge is -2.17. The van der Waals surface area contributed by atoms with E-state index in [2.05, 4.69) is 5.32 Å². The van der Waals surface area contributed by atoms with Crippen LogP contribution in [0.1, 0.15) is 55.0 Å². The van der Waals surface area contributed by atoms with Crippen molar-refractivity contribution in [2.75, 3.05) is 25.1 Å². The Labute approximate surface area is 185 Å². The number of rotatable bonds is 6. The van der Waals surface area contributed by atoms with Gasteiger partial charge >= 0.3 is 5.97 Å². The van der Waals surface area contributed by atoms with Crippen LogP contribution >= 0.6 is 0 Å². The zero-order valence-corrected chi connectivity index (χ0v) is 18.0. The first-order valence-electron chi connectivity index (χ1n) is 10.5. The van der Waals surface area contributed by atoms with Crippen LogP contribution < -0.4 is 5.32 Å². The Morgan fingerprint density at radius 3 is 2.62 bits per heavy atom. The average molecular weight is 436 g/mol. The molecule has 0 radical (unpaired) electrons. The quantitative estimate of drug-likeness (QED) is 0.552. The minimum Gasteiger partial charge on any atom is -0.452 e. The molecule has 2 aliphatic heterocycles. The van der Waals surface area contributed by atoms with Gasteiger partial charge in [0.05, 0.1) is 29.3 Å². The van der Waals surface area contributed by atoms with Gasteiger partial charge in [-0.05, 0) is 62.1 Å². The molecule has 2 heterocycles. The molecule has 0 spiro atoms. The number of nitrogens with one attached hydrogen (secondary N) is 1. The topological polar surface area (TPSA) is 102 Å². The molecule has 8 nitrogen and oxygen atoms in total. The number of aryl methyl sites for hydroxylation is 2. The molecule has 8 heteroatoms. The number of benzene rings is 2. The van der Waals surface area contributed by atoms with Crippen molar-refractivity contribution in [2.45, 2.75) is 32.8 Å². The molecule has 0 unspecified atom stereocenters. The lowest BCUT2D eigenvalue weighted by Crippen LogP contribution is -2.36. The fraction of sp³-hybridized carbons (Fsp3) is 0.333. The van der Waals surface area contributed by atoms with Crippen molar-refractivity contribution >= 4 is 29.4 Å². The van der Waals surface area contributed by atoms with Crippen LogP contribution in [0.15, 0.2) is 36.4 Å². The molecule has 166 valence electrons. The largest absolute Gasteiger partial charge is 0.452 e. The molecule has 0 saturated carbocycles. The summed E-state index contributed by atoms with van der Waals surface area (Å²) in [7, 11) is 0. The highest BCUT2D eigenvalue weighted by Crippen LogP contribution is 2.26. The third kappa shape index (κ3) is 4.40. The third-order valence-electron chi connectivity index (χ3n) is 5.62. The Morgan fingerprint density at radius 2 is 1.88 bits per heavy atom. The summed E-state index contributed by atoms with van der Waals surface area (Å²) in [5, 5.41) is 2.72. The Morgan fingerprint density at radius 1 is 1.09 bits per heavy atom. The van der Waals surface area contributed by atoms with Crippen molar-refractivity contribution in [2.24, 2.45) is 0 Å². The SMILES string of the molecule is Cc1ccc(C)c(NC(=O)COC(=O)c2ccc3c(c2)C(=O)N(C[C@H]2CCCO2)C3=O)c1. The molecule has 0 aromatic heterocycles. The van der Waals surface area contributed by atoms with Crippen molar-refractivity contribution in [3.63, 3.8) is 0 Å². The molecule has 3 amide bonds. The Balaban J connectivity index is 1.39. The second-order valence-corrected chi connectivity index (χ2v) is 8.06. The van der Waals surface area contributed by atoms with E-state index in [1.165, 1.54) is 18.2 Å². The lowest BCUT2D eigenvalue weighted by molar-refractivity contribution is -0.119. The Kier molecular flexibility index (Phi) is 6.05. The lowest BCUT2D eigenvalue weighted by atomic mass is 10.1. The maximum Gasteiger partial charge on any atom is 0.338 e. The highest BCUT2D eigenvalue weighted by molar-refractivity contribution is 6.22. The number of fused-ring (bicyclic) bond motifs is 1. The third-order valence-corrected chi connectivity index (χ3v) is 5.62. The number of carbonyl (C=O) groups excluding carboxylic acids is 4.